The molecular weight excluding hydrogens is 331 g/mol. The molecule has 3 nitrogen and oxygen atoms in total. The van der Waals surface area contributed by atoms with Crippen LogP contribution in [0.2, 0.25) is 10.0 Å². The Hall–Kier alpha value is -2.28. The minimum Gasteiger partial charge on any atom is -0.345 e. The highest BCUT2D eigenvalue weighted by atomic mass is 35.5. The molecule has 0 bridgehead atoms. The van der Waals surface area contributed by atoms with Crippen LogP contribution in [-0.2, 0) is 4.79 Å². The third kappa shape index (κ3) is 4.59. The molecular formula is C18H14Cl2N2O. The Kier molecular flexibility index (Phi) is 5.81. The molecule has 2 rings (SSSR count). The Labute approximate surface area is 145 Å². The van der Waals surface area contributed by atoms with Gasteiger partial charge in [-0.3, -0.25) is 4.79 Å². The van der Waals surface area contributed by atoms with Gasteiger partial charge in [-0.2, -0.15) is 5.26 Å². The molecule has 23 heavy (non-hydrogen) atoms. The second-order valence-electron chi connectivity index (χ2n) is 4.94. The predicted molar refractivity (Wildman–Crippen MR) is 93.1 cm³/mol. The lowest BCUT2D eigenvalue weighted by molar-refractivity contribution is -0.117. The van der Waals surface area contributed by atoms with Crippen LogP contribution in [0, 0.1) is 11.3 Å². The van der Waals surface area contributed by atoms with Gasteiger partial charge >= 0.3 is 0 Å². The van der Waals surface area contributed by atoms with Gasteiger partial charge in [0.25, 0.3) is 5.91 Å². The molecule has 0 heterocycles. The first-order valence-corrected chi connectivity index (χ1v) is 7.69. The van der Waals surface area contributed by atoms with Crippen molar-refractivity contribution in [1.29, 1.82) is 5.26 Å². The van der Waals surface area contributed by atoms with E-state index in [2.05, 4.69) is 5.32 Å². The van der Waals surface area contributed by atoms with Gasteiger partial charge in [0.15, 0.2) is 0 Å². The first-order valence-electron chi connectivity index (χ1n) is 6.94. The van der Waals surface area contributed by atoms with Crippen molar-refractivity contribution in [2.75, 3.05) is 0 Å². The van der Waals surface area contributed by atoms with E-state index in [1.807, 2.05) is 43.3 Å². The van der Waals surface area contributed by atoms with Crippen LogP contribution in [0.15, 0.2) is 54.1 Å². The molecule has 1 N–H and O–H groups in total. The Balaban J connectivity index is 2.19. The maximum absolute atomic E-state index is 12.3. The third-order valence-electron chi connectivity index (χ3n) is 3.27. The summed E-state index contributed by atoms with van der Waals surface area (Å²) in [7, 11) is 0. The van der Waals surface area contributed by atoms with Gasteiger partial charge in [-0.25, -0.2) is 0 Å². The maximum atomic E-state index is 12.3. The highest BCUT2D eigenvalue weighted by Crippen LogP contribution is 2.23. The van der Waals surface area contributed by atoms with E-state index in [4.69, 9.17) is 23.2 Å². The zero-order valence-corrected chi connectivity index (χ0v) is 13.9. The highest BCUT2D eigenvalue weighted by molar-refractivity contribution is 6.35. The molecule has 0 saturated carbocycles. The summed E-state index contributed by atoms with van der Waals surface area (Å²) < 4.78 is 0. The molecule has 0 spiro atoms. The SMILES string of the molecule is C[C@H](NC(=O)/C(C#N)=C/c1ccc(Cl)cc1Cl)c1ccccc1. The van der Waals surface area contributed by atoms with Crippen molar-refractivity contribution in [3.63, 3.8) is 0 Å². The Bertz CT molecular complexity index is 779. The van der Waals surface area contributed by atoms with Crippen molar-refractivity contribution >= 4 is 35.2 Å². The maximum Gasteiger partial charge on any atom is 0.262 e. The van der Waals surface area contributed by atoms with Crippen molar-refractivity contribution in [1.82, 2.24) is 5.32 Å². The fraction of sp³-hybridized carbons (Fsp3) is 0.111. The van der Waals surface area contributed by atoms with E-state index < -0.39 is 5.91 Å². The van der Waals surface area contributed by atoms with Crippen LogP contribution in [-0.4, -0.2) is 5.91 Å². The lowest BCUT2D eigenvalue weighted by atomic mass is 10.1. The van der Waals surface area contributed by atoms with E-state index in [1.165, 1.54) is 6.08 Å². The van der Waals surface area contributed by atoms with E-state index in [1.54, 1.807) is 18.2 Å². The van der Waals surface area contributed by atoms with Crippen molar-refractivity contribution in [3.05, 3.63) is 75.3 Å². The second kappa shape index (κ2) is 7.82. The molecule has 0 unspecified atom stereocenters. The molecule has 0 aromatic heterocycles. The Morgan fingerprint density at radius 3 is 2.52 bits per heavy atom. The van der Waals surface area contributed by atoms with Crippen molar-refractivity contribution in [2.24, 2.45) is 0 Å². The number of nitrogens with one attached hydrogen (secondary N) is 1. The molecule has 1 atom stereocenters. The molecule has 0 aliphatic carbocycles. The fourth-order valence-electron chi connectivity index (χ4n) is 2.02. The molecule has 2 aromatic rings. The number of hydrogen-bond donors (Lipinski definition) is 1. The number of benzene rings is 2. The van der Waals surface area contributed by atoms with Gasteiger partial charge in [0.05, 0.1) is 6.04 Å². The van der Waals surface area contributed by atoms with Crippen LogP contribution in [0.5, 0.6) is 0 Å². The molecule has 0 radical (unpaired) electrons. The highest BCUT2D eigenvalue weighted by Gasteiger charge is 2.14. The molecule has 116 valence electrons. The molecule has 5 heteroatoms. The quantitative estimate of drug-likeness (QED) is 0.641. The topological polar surface area (TPSA) is 52.9 Å². The molecule has 0 aliphatic heterocycles. The fourth-order valence-corrected chi connectivity index (χ4v) is 2.49. The van der Waals surface area contributed by atoms with Crippen molar-refractivity contribution < 1.29 is 4.79 Å². The van der Waals surface area contributed by atoms with Crippen LogP contribution in [0.4, 0.5) is 0 Å². The van der Waals surface area contributed by atoms with Gasteiger partial charge < -0.3 is 5.32 Å². The first kappa shape index (κ1) is 17.1. The summed E-state index contributed by atoms with van der Waals surface area (Å²) >= 11 is 11.9. The van der Waals surface area contributed by atoms with Gasteiger partial charge in [0, 0.05) is 10.0 Å². The average molecular weight is 345 g/mol. The summed E-state index contributed by atoms with van der Waals surface area (Å²) in [6.07, 6.45) is 1.45. The van der Waals surface area contributed by atoms with E-state index in [-0.39, 0.29) is 11.6 Å². The van der Waals surface area contributed by atoms with Gasteiger partial charge in [-0.1, -0.05) is 59.6 Å². The van der Waals surface area contributed by atoms with Gasteiger partial charge in [0.1, 0.15) is 11.6 Å². The van der Waals surface area contributed by atoms with Crippen LogP contribution in [0.25, 0.3) is 6.08 Å². The van der Waals surface area contributed by atoms with Crippen molar-refractivity contribution in [2.45, 2.75) is 13.0 Å². The number of carbonyl (C=O) groups excluding carboxylic acids is 1. The Morgan fingerprint density at radius 2 is 1.91 bits per heavy atom. The average Bonchev–Trinajstić information content (AvgIpc) is 2.54. The largest absolute Gasteiger partial charge is 0.345 e. The number of halogens is 2. The van der Waals surface area contributed by atoms with Crippen LogP contribution in [0.1, 0.15) is 24.1 Å². The summed E-state index contributed by atoms with van der Waals surface area (Å²) in [6, 6.07) is 16.1. The minimum atomic E-state index is -0.449. The molecule has 1 amide bonds. The number of nitriles is 1. The molecule has 0 saturated heterocycles. The number of rotatable bonds is 4. The number of nitrogens with zero attached hydrogens (tertiary/aromatic N) is 1. The number of hydrogen-bond acceptors (Lipinski definition) is 2. The van der Waals surface area contributed by atoms with E-state index in [9.17, 15) is 10.1 Å². The summed E-state index contributed by atoms with van der Waals surface area (Å²) in [6.45, 7) is 1.86. The molecule has 0 fully saturated rings. The van der Waals surface area contributed by atoms with Crippen molar-refractivity contribution in [3.8, 4) is 6.07 Å². The van der Waals surface area contributed by atoms with Gasteiger partial charge in [0.2, 0.25) is 0 Å². The summed E-state index contributed by atoms with van der Waals surface area (Å²) in [5.41, 5.74) is 1.51. The van der Waals surface area contributed by atoms with Crippen LogP contribution < -0.4 is 5.32 Å². The summed E-state index contributed by atoms with van der Waals surface area (Å²) in [4.78, 5) is 12.3. The molecule has 0 aliphatic rings. The Morgan fingerprint density at radius 1 is 1.22 bits per heavy atom. The standard InChI is InChI=1S/C18H14Cl2N2O/c1-12(13-5-3-2-4-6-13)22-18(23)15(11-21)9-14-7-8-16(19)10-17(14)20/h2-10,12H,1H3,(H,22,23)/b15-9+/t12-/m0/s1. The van der Waals surface area contributed by atoms with Gasteiger partial charge in [-0.05, 0) is 36.3 Å². The summed E-state index contributed by atoms with van der Waals surface area (Å²) in [5.74, 6) is -0.449. The lowest BCUT2D eigenvalue weighted by Crippen LogP contribution is -2.27. The minimum absolute atomic E-state index is 0.0167. The zero-order valence-electron chi connectivity index (χ0n) is 12.4. The lowest BCUT2D eigenvalue weighted by Gasteiger charge is -2.13. The third-order valence-corrected chi connectivity index (χ3v) is 3.84. The summed E-state index contributed by atoms with van der Waals surface area (Å²) in [5, 5.41) is 12.9. The van der Waals surface area contributed by atoms with Crippen LogP contribution in [0.3, 0.4) is 0 Å². The normalized spacial score (nSPS) is 12.3. The first-order chi connectivity index (χ1) is 11.0. The number of carbonyl (C=O) groups is 1. The van der Waals surface area contributed by atoms with E-state index in [0.29, 0.717) is 15.6 Å². The van der Waals surface area contributed by atoms with Crippen LogP contribution >= 0.6 is 23.2 Å². The number of amides is 1. The van der Waals surface area contributed by atoms with E-state index in [0.717, 1.165) is 5.56 Å². The second-order valence-corrected chi connectivity index (χ2v) is 5.79. The van der Waals surface area contributed by atoms with E-state index >= 15 is 0 Å². The zero-order chi connectivity index (χ0) is 16.8. The molecule has 2 aromatic carbocycles. The smallest absolute Gasteiger partial charge is 0.262 e. The van der Waals surface area contributed by atoms with Gasteiger partial charge in [-0.15, -0.1) is 0 Å². The predicted octanol–water partition coefficient (Wildman–Crippen LogP) is 4.78. The monoisotopic (exact) mass is 344 g/mol.